The van der Waals surface area contributed by atoms with Gasteiger partial charge >= 0.3 is 0 Å². The molecule has 0 aliphatic heterocycles. The molecule has 1 heterocycles. The number of aromatic nitrogens is 2. The first-order valence-electron chi connectivity index (χ1n) is 6.73. The van der Waals surface area contributed by atoms with Crippen molar-refractivity contribution in [2.75, 3.05) is 5.32 Å². The summed E-state index contributed by atoms with van der Waals surface area (Å²) in [7, 11) is 0. The summed E-state index contributed by atoms with van der Waals surface area (Å²) in [6, 6.07) is 7.88. The molecule has 0 radical (unpaired) electrons. The van der Waals surface area contributed by atoms with Crippen molar-refractivity contribution in [3.8, 4) is 0 Å². The first-order chi connectivity index (χ1) is 9.63. The first kappa shape index (κ1) is 14.3. The third-order valence-corrected chi connectivity index (χ3v) is 2.96. The lowest BCUT2D eigenvalue weighted by molar-refractivity contribution is -0.116. The number of rotatable bonds is 6. The first-order valence-corrected chi connectivity index (χ1v) is 6.73. The summed E-state index contributed by atoms with van der Waals surface area (Å²) < 4.78 is 1.98. The van der Waals surface area contributed by atoms with Crippen LogP contribution in [0.3, 0.4) is 0 Å². The number of nitrogens with zero attached hydrogens (tertiary/aromatic N) is 2. The number of hydrogen-bond donors (Lipinski definition) is 2. The average molecular weight is 272 g/mol. The summed E-state index contributed by atoms with van der Waals surface area (Å²) in [6.07, 6.45) is 6.57. The number of nitrogens with two attached hydrogens (primary N) is 1. The van der Waals surface area contributed by atoms with Crippen LogP contribution in [0.15, 0.2) is 43.0 Å². The Morgan fingerprint density at radius 2 is 2.35 bits per heavy atom. The van der Waals surface area contributed by atoms with E-state index in [9.17, 15) is 4.79 Å². The molecule has 1 unspecified atom stereocenters. The molecule has 5 nitrogen and oxygen atoms in total. The number of carbonyl (C=O) groups excluding carboxylic acids is 1. The molecule has 0 fully saturated rings. The molecule has 2 aromatic rings. The maximum atomic E-state index is 11.8. The fourth-order valence-electron chi connectivity index (χ4n) is 1.92. The number of hydrogen-bond acceptors (Lipinski definition) is 3. The van der Waals surface area contributed by atoms with E-state index in [1.807, 2.05) is 42.0 Å². The third kappa shape index (κ3) is 4.51. The second kappa shape index (κ2) is 6.86. The SMILES string of the molecule is CC(N)CCC(=O)Nc1cccc(Cn2ccnc2)c1. The summed E-state index contributed by atoms with van der Waals surface area (Å²) in [4.78, 5) is 15.8. The summed E-state index contributed by atoms with van der Waals surface area (Å²) >= 11 is 0. The standard InChI is InChI=1S/C15H20N4O/c1-12(16)5-6-15(20)18-14-4-2-3-13(9-14)10-19-8-7-17-11-19/h2-4,7-9,11-12H,5-6,10,16H2,1H3,(H,18,20). The number of carbonyl (C=O) groups is 1. The number of imidazole rings is 1. The zero-order valence-corrected chi connectivity index (χ0v) is 11.6. The summed E-state index contributed by atoms with van der Waals surface area (Å²) in [5.41, 5.74) is 7.58. The molecule has 0 bridgehead atoms. The van der Waals surface area contributed by atoms with Crippen LogP contribution in [0.2, 0.25) is 0 Å². The van der Waals surface area contributed by atoms with Gasteiger partial charge in [-0.15, -0.1) is 0 Å². The van der Waals surface area contributed by atoms with Gasteiger partial charge < -0.3 is 15.6 Å². The normalized spacial score (nSPS) is 12.1. The Morgan fingerprint density at radius 1 is 1.50 bits per heavy atom. The van der Waals surface area contributed by atoms with Crippen molar-refractivity contribution in [2.24, 2.45) is 5.73 Å². The van der Waals surface area contributed by atoms with Crippen LogP contribution in [-0.4, -0.2) is 21.5 Å². The van der Waals surface area contributed by atoms with Crippen molar-refractivity contribution >= 4 is 11.6 Å². The van der Waals surface area contributed by atoms with Crippen molar-refractivity contribution in [3.05, 3.63) is 48.5 Å². The minimum atomic E-state index is 0.00193. The lowest BCUT2D eigenvalue weighted by atomic mass is 10.1. The van der Waals surface area contributed by atoms with Gasteiger partial charge in [0.15, 0.2) is 0 Å². The van der Waals surface area contributed by atoms with Crippen molar-refractivity contribution in [1.82, 2.24) is 9.55 Å². The molecule has 1 aromatic heterocycles. The lowest BCUT2D eigenvalue weighted by Crippen LogP contribution is -2.19. The lowest BCUT2D eigenvalue weighted by Gasteiger charge is -2.09. The Labute approximate surface area is 118 Å². The summed E-state index contributed by atoms with van der Waals surface area (Å²) in [5.74, 6) is 0.00193. The van der Waals surface area contributed by atoms with Crippen LogP contribution in [0.25, 0.3) is 0 Å². The van der Waals surface area contributed by atoms with Crippen molar-refractivity contribution in [1.29, 1.82) is 0 Å². The quantitative estimate of drug-likeness (QED) is 0.844. The van der Waals surface area contributed by atoms with E-state index in [1.54, 1.807) is 12.5 Å². The van der Waals surface area contributed by atoms with Crippen LogP contribution in [-0.2, 0) is 11.3 Å². The summed E-state index contributed by atoms with van der Waals surface area (Å²) in [5, 5.41) is 2.90. The minimum absolute atomic E-state index is 0.00193. The number of amides is 1. The van der Waals surface area contributed by atoms with Crippen LogP contribution < -0.4 is 11.1 Å². The van der Waals surface area contributed by atoms with Crippen LogP contribution in [0.1, 0.15) is 25.3 Å². The Bertz CT molecular complexity index is 549. The molecule has 106 valence electrons. The third-order valence-electron chi connectivity index (χ3n) is 2.96. The summed E-state index contributed by atoms with van der Waals surface area (Å²) in [6.45, 7) is 2.64. The van der Waals surface area contributed by atoms with Crippen LogP contribution in [0.5, 0.6) is 0 Å². The van der Waals surface area contributed by atoms with E-state index in [-0.39, 0.29) is 11.9 Å². The zero-order chi connectivity index (χ0) is 14.4. The molecule has 0 saturated heterocycles. The molecule has 1 amide bonds. The number of anilines is 1. The van der Waals surface area contributed by atoms with Gasteiger partial charge in [0, 0.05) is 37.1 Å². The molecule has 0 saturated carbocycles. The van der Waals surface area contributed by atoms with Crippen molar-refractivity contribution in [2.45, 2.75) is 32.4 Å². The Hall–Kier alpha value is -2.14. The van der Waals surface area contributed by atoms with E-state index in [0.717, 1.165) is 17.8 Å². The fraction of sp³-hybridized carbons (Fsp3) is 0.333. The predicted octanol–water partition coefficient (Wildman–Crippen LogP) is 2.00. The molecule has 1 aromatic carbocycles. The molecule has 1 atom stereocenters. The van der Waals surface area contributed by atoms with E-state index in [2.05, 4.69) is 10.3 Å². The molecule has 2 rings (SSSR count). The van der Waals surface area contributed by atoms with Crippen LogP contribution >= 0.6 is 0 Å². The van der Waals surface area contributed by atoms with E-state index < -0.39 is 0 Å². The fourth-order valence-corrected chi connectivity index (χ4v) is 1.92. The van der Waals surface area contributed by atoms with Gasteiger partial charge in [-0.2, -0.15) is 0 Å². The van der Waals surface area contributed by atoms with Gasteiger partial charge in [-0.1, -0.05) is 12.1 Å². The average Bonchev–Trinajstić information content (AvgIpc) is 2.89. The molecular weight excluding hydrogens is 252 g/mol. The highest BCUT2D eigenvalue weighted by atomic mass is 16.1. The molecule has 20 heavy (non-hydrogen) atoms. The van der Waals surface area contributed by atoms with Crippen LogP contribution in [0.4, 0.5) is 5.69 Å². The molecule has 3 N–H and O–H groups in total. The smallest absolute Gasteiger partial charge is 0.224 e. The zero-order valence-electron chi connectivity index (χ0n) is 11.6. The minimum Gasteiger partial charge on any atom is -0.333 e. The predicted molar refractivity (Wildman–Crippen MR) is 79.3 cm³/mol. The van der Waals surface area contributed by atoms with Gasteiger partial charge in [0.25, 0.3) is 0 Å². The molecular formula is C15H20N4O. The van der Waals surface area contributed by atoms with Gasteiger partial charge in [-0.25, -0.2) is 4.98 Å². The highest BCUT2D eigenvalue weighted by Crippen LogP contribution is 2.12. The van der Waals surface area contributed by atoms with Gasteiger partial charge in [0.1, 0.15) is 0 Å². The van der Waals surface area contributed by atoms with E-state index in [1.165, 1.54) is 0 Å². The number of benzene rings is 1. The van der Waals surface area contributed by atoms with Gasteiger partial charge in [0.2, 0.25) is 5.91 Å². The molecule has 0 aliphatic carbocycles. The van der Waals surface area contributed by atoms with E-state index in [4.69, 9.17) is 5.73 Å². The Kier molecular flexibility index (Phi) is 4.90. The maximum absolute atomic E-state index is 11.8. The molecule has 0 spiro atoms. The highest BCUT2D eigenvalue weighted by Gasteiger charge is 2.05. The van der Waals surface area contributed by atoms with Gasteiger partial charge in [-0.05, 0) is 31.0 Å². The van der Waals surface area contributed by atoms with Gasteiger partial charge in [0.05, 0.1) is 6.33 Å². The number of nitrogens with one attached hydrogen (secondary N) is 1. The second-order valence-corrected chi connectivity index (χ2v) is 5.00. The topological polar surface area (TPSA) is 72.9 Å². The van der Waals surface area contributed by atoms with E-state index >= 15 is 0 Å². The van der Waals surface area contributed by atoms with Crippen molar-refractivity contribution < 1.29 is 4.79 Å². The largest absolute Gasteiger partial charge is 0.333 e. The van der Waals surface area contributed by atoms with Crippen LogP contribution in [0, 0.1) is 0 Å². The second-order valence-electron chi connectivity index (χ2n) is 5.00. The maximum Gasteiger partial charge on any atom is 0.224 e. The Morgan fingerprint density at radius 3 is 3.05 bits per heavy atom. The van der Waals surface area contributed by atoms with E-state index in [0.29, 0.717) is 12.8 Å². The Balaban J connectivity index is 1.94. The molecule has 0 aliphatic rings. The van der Waals surface area contributed by atoms with Gasteiger partial charge in [-0.3, -0.25) is 4.79 Å². The molecule has 5 heteroatoms. The van der Waals surface area contributed by atoms with Crippen molar-refractivity contribution in [3.63, 3.8) is 0 Å². The monoisotopic (exact) mass is 272 g/mol. The highest BCUT2D eigenvalue weighted by molar-refractivity contribution is 5.90.